The van der Waals surface area contributed by atoms with Crippen molar-refractivity contribution in [2.24, 2.45) is 5.73 Å². The van der Waals surface area contributed by atoms with Crippen LogP contribution in [-0.4, -0.2) is 52.1 Å². The molecule has 5 nitrogen and oxygen atoms in total. The van der Waals surface area contributed by atoms with Gasteiger partial charge in [-0.15, -0.1) is 6.58 Å². The predicted molar refractivity (Wildman–Crippen MR) is 154 cm³/mol. The number of nitrogens with zero attached hydrogens (tertiary/aromatic N) is 4. The van der Waals surface area contributed by atoms with E-state index in [9.17, 15) is 17.6 Å². The molecule has 2 aliphatic rings. The highest BCUT2D eigenvalue weighted by atomic mass is 19.4. The van der Waals surface area contributed by atoms with E-state index in [1.54, 1.807) is 6.08 Å². The number of hydrogen-bond donors (Lipinski definition) is 1. The molecule has 0 spiro atoms. The van der Waals surface area contributed by atoms with E-state index in [4.69, 9.17) is 10.7 Å². The first-order chi connectivity index (χ1) is 19.0. The Kier molecular flexibility index (Phi) is 11.0. The Morgan fingerprint density at radius 3 is 2.30 bits per heavy atom. The molecule has 0 unspecified atom stereocenters. The maximum absolute atomic E-state index is 13.9. The van der Waals surface area contributed by atoms with Gasteiger partial charge in [-0.2, -0.15) is 13.2 Å². The van der Waals surface area contributed by atoms with E-state index in [1.807, 2.05) is 13.1 Å². The van der Waals surface area contributed by atoms with E-state index < -0.39 is 17.6 Å². The molecule has 2 saturated heterocycles. The number of piperidine rings is 1. The normalized spacial score (nSPS) is 17.3. The van der Waals surface area contributed by atoms with Crippen LogP contribution in [-0.2, 0) is 12.7 Å². The first kappa shape index (κ1) is 31.5. The maximum atomic E-state index is 13.9. The molecule has 1 aromatic carbocycles. The molecule has 0 amide bonds. The maximum Gasteiger partial charge on any atom is 0.419 e. The topological polar surface area (TPSA) is 50.3 Å². The van der Waals surface area contributed by atoms with Gasteiger partial charge in [-0.3, -0.25) is 0 Å². The van der Waals surface area contributed by atoms with Crippen LogP contribution in [0.3, 0.4) is 0 Å². The lowest BCUT2D eigenvalue weighted by Gasteiger charge is -2.35. The average Bonchev–Trinajstić information content (AvgIpc) is 3.58. The van der Waals surface area contributed by atoms with Crippen LogP contribution < -0.4 is 5.73 Å². The highest BCUT2D eigenvalue weighted by molar-refractivity contribution is 5.60. The van der Waals surface area contributed by atoms with Gasteiger partial charge in [-0.25, -0.2) is 9.37 Å². The van der Waals surface area contributed by atoms with E-state index in [0.29, 0.717) is 11.4 Å². The van der Waals surface area contributed by atoms with Crippen LogP contribution >= 0.6 is 0 Å². The second-order valence-electron chi connectivity index (χ2n) is 10.5. The molecule has 0 aliphatic carbocycles. The van der Waals surface area contributed by atoms with Gasteiger partial charge in [0.15, 0.2) is 0 Å². The van der Waals surface area contributed by atoms with Gasteiger partial charge in [0.1, 0.15) is 11.6 Å². The number of allylic oxidation sites excluding steroid dienone is 3. The minimum Gasteiger partial charge on any atom is -0.399 e. The summed E-state index contributed by atoms with van der Waals surface area (Å²) in [5.41, 5.74) is 8.28. The standard InChI is InChI=1S/C28H37F4N5.C3H6/c1-4-23(19(2)33)20(3)36-13-9-21(10-14-36)27-34-26(18-37(27)16-15-35-11-5-6-12-35)22-7-8-25(29)24(17-22)28(30,31)32;1-3-2/h7-8,17-18,21H,2,4-6,9-16,33H2,1,3H3;3H,1H2,2H3/b23-20+;. The van der Waals surface area contributed by atoms with Crippen molar-refractivity contribution in [3.05, 3.63) is 77.8 Å². The van der Waals surface area contributed by atoms with Crippen molar-refractivity contribution >= 4 is 0 Å². The number of alkyl halides is 3. The Bertz CT molecular complexity index is 1180. The molecule has 2 aromatic rings. The zero-order valence-corrected chi connectivity index (χ0v) is 24.0. The van der Waals surface area contributed by atoms with E-state index in [-0.39, 0.29) is 11.5 Å². The zero-order chi connectivity index (χ0) is 29.4. The number of nitrogens with two attached hydrogens (primary N) is 1. The monoisotopic (exact) mass is 561 g/mol. The van der Waals surface area contributed by atoms with E-state index in [1.165, 1.54) is 18.9 Å². The number of hydrogen-bond acceptors (Lipinski definition) is 4. The van der Waals surface area contributed by atoms with Crippen LogP contribution in [0.5, 0.6) is 0 Å². The number of rotatable bonds is 8. The molecular formula is C31H43F4N5. The Labute approximate surface area is 236 Å². The third-order valence-corrected chi connectivity index (χ3v) is 7.74. The van der Waals surface area contributed by atoms with Crippen LogP contribution in [0.15, 0.2) is 60.6 Å². The Morgan fingerprint density at radius 1 is 1.12 bits per heavy atom. The summed E-state index contributed by atoms with van der Waals surface area (Å²) in [5.74, 6) is -0.190. The SMILES string of the molecule is C=C(N)/C(CC)=C(\C)N1CCC(c2nc(-c3ccc(F)c(C(F)(F)F)c3)cn2CCN2CCCC2)CC1.C=CC. The highest BCUT2D eigenvalue weighted by Gasteiger charge is 2.35. The molecule has 0 atom stereocenters. The van der Waals surface area contributed by atoms with Crippen molar-refractivity contribution in [3.8, 4) is 11.3 Å². The summed E-state index contributed by atoms with van der Waals surface area (Å²) < 4.78 is 56.1. The Morgan fingerprint density at radius 2 is 1.75 bits per heavy atom. The second-order valence-corrected chi connectivity index (χ2v) is 10.5. The van der Waals surface area contributed by atoms with E-state index >= 15 is 0 Å². The zero-order valence-electron chi connectivity index (χ0n) is 24.0. The molecule has 1 aromatic heterocycles. The summed E-state index contributed by atoms with van der Waals surface area (Å²) in [6, 6.07) is 3.13. The van der Waals surface area contributed by atoms with Crippen molar-refractivity contribution in [2.75, 3.05) is 32.7 Å². The van der Waals surface area contributed by atoms with E-state index in [2.05, 4.69) is 41.4 Å². The molecule has 0 saturated carbocycles. The van der Waals surface area contributed by atoms with Gasteiger partial charge in [0.05, 0.1) is 11.3 Å². The van der Waals surface area contributed by atoms with Gasteiger partial charge >= 0.3 is 6.18 Å². The van der Waals surface area contributed by atoms with Crippen molar-refractivity contribution in [2.45, 2.75) is 71.5 Å². The smallest absolute Gasteiger partial charge is 0.399 e. The fourth-order valence-electron chi connectivity index (χ4n) is 5.61. The van der Waals surface area contributed by atoms with Crippen molar-refractivity contribution in [1.82, 2.24) is 19.4 Å². The van der Waals surface area contributed by atoms with Crippen LogP contribution in [0.1, 0.15) is 70.2 Å². The summed E-state index contributed by atoms with van der Waals surface area (Å²) in [6.07, 6.45) is 3.79. The minimum absolute atomic E-state index is 0.185. The molecule has 4 rings (SSSR count). The van der Waals surface area contributed by atoms with Gasteiger partial charge < -0.3 is 20.1 Å². The van der Waals surface area contributed by atoms with Crippen molar-refractivity contribution in [3.63, 3.8) is 0 Å². The molecule has 0 bridgehead atoms. The molecule has 0 radical (unpaired) electrons. The largest absolute Gasteiger partial charge is 0.419 e. The molecule has 220 valence electrons. The first-order valence-corrected chi connectivity index (χ1v) is 14.1. The fourth-order valence-corrected chi connectivity index (χ4v) is 5.61. The van der Waals surface area contributed by atoms with Crippen LogP contribution in [0, 0.1) is 5.82 Å². The summed E-state index contributed by atoms with van der Waals surface area (Å²) in [6.45, 7) is 18.7. The third-order valence-electron chi connectivity index (χ3n) is 7.74. The molecule has 3 heterocycles. The van der Waals surface area contributed by atoms with Gasteiger partial charge in [0, 0.05) is 55.3 Å². The van der Waals surface area contributed by atoms with Gasteiger partial charge in [0.25, 0.3) is 0 Å². The van der Waals surface area contributed by atoms with E-state index in [0.717, 1.165) is 87.8 Å². The quantitative estimate of drug-likeness (QED) is 0.208. The fraction of sp³-hybridized carbons (Fsp3) is 0.516. The summed E-state index contributed by atoms with van der Waals surface area (Å²) in [7, 11) is 0. The number of aromatic nitrogens is 2. The highest BCUT2D eigenvalue weighted by Crippen LogP contribution is 2.36. The number of likely N-dealkylation sites (tertiary alicyclic amines) is 2. The Hall–Kier alpha value is -3.07. The molecule has 2 N–H and O–H groups in total. The van der Waals surface area contributed by atoms with Crippen molar-refractivity contribution in [1.29, 1.82) is 0 Å². The molecule has 40 heavy (non-hydrogen) atoms. The summed E-state index contributed by atoms with van der Waals surface area (Å²) in [4.78, 5) is 9.58. The average molecular weight is 562 g/mol. The number of benzene rings is 1. The lowest BCUT2D eigenvalue weighted by Crippen LogP contribution is -2.33. The Balaban J connectivity index is 0.00000141. The van der Waals surface area contributed by atoms with Gasteiger partial charge in [-0.05, 0) is 82.8 Å². The number of imidazole rings is 1. The lowest BCUT2D eigenvalue weighted by atomic mass is 9.94. The van der Waals surface area contributed by atoms with Gasteiger partial charge in [0.2, 0.25) is 0 Å². The molecule has 2 fully saturated rings. The third kappa shape index (κ3) is 7.77. The van der Waals surface area contributed by atoms with Crippen LogP contribution in [0.4, 0.5) is 17.6 Å². The second kappa shape index (κ2) is 14.0. The van der Waals surface area contributed by atoms with Crippen LogP contribution in [0.2, 0.25) is 0 Å². The molecule has 2 aliphatic heterocycles. The lowest BCUT2D eigenvalue weighted by molar-refractivity contribution is -0.139. The van der Waals surface area contributed by atoms with Gasteiger partial charge in [-0.1, -0.05) is 19.6 Å². The predicted octanol–water partition coefficient (Wildman–Crippen LogP) is 7.33. The minimum atomic E-state index is -4.76. The summed E-state index contributed by atoms with van der Waals surface area (Å²) in [5, 5.41) is 0. The van der Waals surface area contributed by atoms with Crippen molar-refractivity contribution < 1.29 is 17.6 Å². The molecular weight excluding hydrogens is 518 g/mol. The summed E-state index contributed by atoms with van der Waals surface area (Å²) >= 11 is 0. The van der Waals surface area contributed by atoms with Crippen LogP contribution in [0.25, 0.3) is 11.3 Å². The first-order valence-electron chi connectivity index (χ1n) is 14.1. The molecule has 9 heteroatoms. The number of halogens is 4.